The molecule has 5 nitrogen and oxygen atoms in total. The summed E-state index contributed by atoms with van der Waals surface area (Å²) in [7, 11) is 0. The Morgan fingerprint density at radius 2 is 1.85 bits per heavy atom. The fourth-order valence-corrected chi connectivity index (χ4v) is 2.97. The molecule has 0 saturated heterocycles. The highest BCUT2D eigenvalue weighted by atomic mass is 19.4. The summed E-state index contributed by atoms with van der Waals surface area (Å²) in [6.45, 7) is 3.65. The topological polar surface area (TPSA) is 67.4 Å². The summed E-state index contributed by atoms with van der Waals surface area (Å²) < 4.78 is 44.1. The lowest BCUT2D eigenvalue weighted by atomic mass is 9.85. The molecule has 8 heteroatoms. The third-order valence-corrected chi connectivity index (χ3v) is 4.18. The molecule has 0 aliphatic heterocycles. The average Bonchev–Trinajstić information content (AvgIpc) is 2.55. The monoisotopic (exact) mass is 372 g/mol. The van der Waals surface area contributed by atoms with Crippen LogP contribution in [0.2, 0.25) is 0 Å². The first-order chi connectivity index (χ1) is 12.2. The van der Waals surface area contributed by atoms with Gasteiger partial charge in [0, 0.05) is 6.04 Å². The smallest absolute Gasteiger partial charge is 0.391 e. The molecule has 0 radical (unpaired) electrons. The zero-order chi connectivity index (χ0) is 19.3. The maximum absolute atomic E-state index is 12.8. The molecule has 1 aromatic rings. The van der Waals surface area contributed by atoms with Crippen molar-refractivity contribution in [3.63, 3.8) is 0 Å². The molecular formula is C18H23F3N2O3. The Morgan fingerprint density at radius 3 is 2.50 bits per heavy atom. The van der Waals surface area contributed by atoms with Gasteiger partial charge in [-0.3, -0.25) is 9.59 Å². The number of alkyl halides is 3. The lowest BCUT2D eigenvalue weighted by Gasteiger charge is -2.30. The molecule has 1 aliphatic rings. The largest absolute Gasteiger partial charge is 0.489 e. The summed E-state index contributed by atoms with van der Waals surface area (Å²) in [5.41, 5.74) is 0.332. The van der Waals surface area contributed by atoms with Crippen LogP contribution in [0, 0.1) is 5.92 Å². The second-order valence-corrected chi connectivity index (χ2v) is 6.69. The molecule has 1 saturated carbocycles. The van der Waals surface area contributed by atoms with Gasteiger partial charge in [-0.15, -0.1) is 0 Å². The van der Waals surface area contributed by atoms with E-state index in [1.54, 1.807) is 24.3 Å². The maximum atomic E-state index is 12.8. The molecule has 1 aliphatic carbocycles. The molecule has 26 heavy (non-hydrogen) atoms. The zero-order valence-electron chi connectivity index (χ0n) is 14.7. The highest BCUT2D eigenvalue weighted by Crippen LogP contribution is 2.37. The van der Waals surface area contributed by atoms with Gasteiger partial charge in [0.1, 0.15) is 5.75 Å². The van der Waals surface area contributed by atoms with Crippen LogP contribution in [0.5, 0.6) is 5.75 Å². The number of benzene rings is 1. The van der Waals surface area contributed by atoms with Gasteiger partial charge in [-0.25, -0.2) is 0 Å². The predicted octanol–water partition coefficient (Wildman–Crippen LogP) is 3.65. The van der Waals surface area contributed by atoms with E-state index in [0.717, 1.165) is 0 Å². The van der Waals surface area contributed by atoms with Crippen molar-refractivity contribution < 1.29 is 27.5 Å². The van der Waals surface area contributed by atoms with E-state index in [1.165, 1.54) is 0 Å². The second kappa shape index (κ2) is 8.42. The van der Waals surface area contributed by atoms with Crippen LogP contribution >= 0.6 is 0 Å². The quantitative estimate of drug-likeness (QED) is 0.793. The minimum atomic E-state index is -4.28. The third kappa shape index (κ3) is 5.64. The number of para-hydroxylation sites is 2. The minimum absolute atomic E-state index is 0.0575. The minimum Gasteiger partial charge on any atom is -0.489 e. The first kappa shape index (κ1) is 20.1. The Kier molecular flexibility index (Phi) is 6.50. The fraction of sp³-hybridized carbons (Fsp3) is 0.556. The van der Waals surface area contributed by atoms with Crippen LogP contribution in [0.25, 0.3) is 0 Å². The van der Waals surface area contributed by atoms with E-state index in [-0.39, 0.29) is 18.9 Å². The molecule has 2 atom stereocenters. The molecule has 1 fully saturated rings. The Bertz CT molecular complexity index is 647. The van der Waals surface area contributed by atoms with Gasteiger partial charge in [-0.2, -0.15) is 13.2 Å². The van der Waals surface area contributed by atoms with Crippen molar-refractivity contribution in [2.45, 2.75) is 57.9 Å². The number of rotatable bonds is 4. The molecule has 144 valence electrons. The van der Waals surface area contributed by atoms with E-state index >= 15 is 0 Å². The lowest BCUT2D eigenvalue weighted by molar-refractivity contribution is -0.184. The molecule has 0 heterocycles. The van der Waals surface area contributed by atoms with Crippen LogP contribution in [0.1, 0.15) is 39.5 Å². The molecule has 2 N–H and O–H groups in total. The van der Waals surface area contributed by atoms with Gasteiger partial charge in [0.25, 0.3) is 0 Å². The Labute approximate surface area is 150 Å². The number of carbonyl (C=O) groups excluding carboxylic acids is 2. The van der Waals surface area contributed by atoms with Crippen molar-refractivity contribution in [2.24, 2.45) is 5.92 Å². The Morgan fingerprint density at radius 1 is 1.15 bits per heavy atom. The number of hydrogen-bond donors (Lipinski definition) is 2. The van der Waals surface area contributed by atoms with E-state index < -0.39 is 30.0 Å². The van der Waals surface area contributed by atoms with Gasteiger partial charge in [0.05, 0.1) is 17.7 Å². The van der Waals surface area contributed by atoms with E-state index in [9.17, 15) is 22.8 Å². The van der Waals surface area contributed by atoms with Gasteiger partial charge >= 0.3 is 18.0 Å². The summed E-state index contributed by atoms with van der Waals surface area (Å²) in [6, 6.07) is 5.99. The van der Waals surface area contributed by atoms with Gasteiger partial charge in [0.2, 0.25) is 0 Å². The van der Waals surface area contributed by atoms with E-state index in [2.05, 4.69) is 10.6 Å². The number of amides is 2. The SMILES string of the molecule is CC(C)Oc1ccccc1NC(=O)C(=O)N[C@H]1CCC[C@H](C(F)(F)F)C1. The van der Waals surface area contributed by atoms with E-state index in [0.29, 0.717) is 24.3 Å². The van der Waals surface area contributed by atoms with E-state index in [4.69, 9.17) is 4.74 Å². The van der Waals surface area contributed by atoms with Crippen LogP contribution < -0.4 is 15.4 Å². The number of nitrogens with one attached hydrogen (secondary N) is 2. The zero-order valence-corrected chi connectivity index (χ0v) is 14.7. The first-order valence-corrected chi connectivity index (χ1v) is 8.61. The molecule has 0 bridgehead atoms. The molecule has 0 aromatic heterocycles. The summed E-state index contributed by atoms with van der Waals surface area (Å²) in [5.74, 6) is -2.90. The maximum Gasteiger partial charge on any atom is 0.391 e. The number of hydrogen-bond acceptors (Lipinski definition) is 3. The third-order valence-electron chi connectivity index (χ3n) is 4.18. The van der Waals surface area contributed by atoms with Crippen molar-refractivity contribution in [3.8, 4) is 5.75 Å². The summed E-state index contributed by atoms with van der Waals surface area (Å²) in [4.78, 5) is 24.2. The van der Waals surface area contributed by atoms with Crippen LogP contribution in [-0.2, 0) is 9.59 Å². The highest BCUT2D eigenvalue weighted by molar-refractivity contribution is 6.39. The Hall–Kier alpha value is -2.25. The molecule has 0 spiro atoms. The molecule has 2 rings (SSSR count). The van der Waals surface area contributed by atoms with Crippen molar-refractivity contribution in [3.05, 3.63) is 24.3 Å². The molecule has 2 amide bonds. The fourth-order valence-electron chi connectivity index (χ4n) is 2.97. The van der Waals surface area contributed by atoms with Crippen molar-refractivity contribution >= 4 is 17.5 Å². The molecular weight excluding hydrogens is 349 g/mol. The number of ether oxygens (including phenoxy) is 1. The lowest BCUT2D eigenvalue weighted by Crippen LogP contribution is -2.45. The molecule has 0 unspecified atom stereocenters. The highest BCUT2D eigenvalue weighted by Gasteiger charge is 2.42. The van der Waals surface area contributed by atoms with Gasteiger partial charge in [-0.1, -0.05) is 18.6 Å². The number of anilines is 1. The van der Waals surface area contributed by atoms with Crippen LogP contribution in [-0.4, -0.2) is 30.1 Å². The standard InChI is InChI=1S/C18H23F3N2O3/c1-11(2)26-15-9-4-3-8-14(15)23-17(25)16(24)22-13-7-5-6-12(10-13)18(19,20)21/h3-4,8-9,11-13H,5-7,10H2,1-2H3,(H,22,24)(H,23,25)/t12-,13-/m0/s1. The summed E-state index contributed by atoms with van der Waals surface area (Å²) in [6.07, 6.45) is -3.75. The van der Waals surface area contributed by atoms with Gasteiger partial charge in [-0.05, 0) is 45.2 Å². The number of halogens is 3. The van der Waals surface area contributed by atoms with Crippen molar-refractivity contribution in [2.75, 3.05) is 5.32 Å². The predicted molar refractivity (Wildman–Crippen MR) is 90.8 cm³/mol. The van der Waals surface area contributed by atoms with Gasteiger partial charge in [0.15, 0.2) is 0 Å². The Balaban J connectivity index is 1.95. The summed E-state index contributed by atoms with van der Waals surface area (Å²) in [5, 5.41) is 4.86. The molecule has 1 aromatic carbocycles. The second-order valence-electron chi connectivity index (χ2n) is 6.69. The van der Waals surface area contributed by atoms with Crippen molar-refractivity contribution in [1.82, 2.24) is 5.32 Å². The van der Waals surface area contributed by atoms with Crippen LogP contribution in [0.15, 0.2) is 24.3 Å². The normalized spacial score (nSPS) is 20.5. The number of carbonyl (C=O) groups is 2. The first-order valence-electron chi connectivity index (χ1n) is 8.61. The van der Waals surface area contributed by atoms with Gasteiger partial charge < -0.3 is 15.4 Å². The van der Waals surface area contributed by atoms with Crippen LogP contribution in [0.3, 0.4) is 0 Å². The van der Waals surface area contributed by atoms with Crippen LogP contribution in [0.4, 0.5) is 18.9 Å². The average molecular weight is 372 g/mol. The summed E-state index contributed by atoms with van der Waals surface area (Å²) >= 11 is 0. The van der Waals surface area contributed by atoms with E-state index in [1.807, 2.05) is 13.8 Å². The van der Waals surface area contributed by atoms with Crippen molar-refractivity contribution in [1.29, 1.82) is 0 Å².